The summed E-state index contributed by atoms with van der Waals surface area (Å²) in [5.74, 6) is 0.446. The smallest absolute Gasteiger partial charge is 0.367 e. The highest BCUT2D eigenvalue weighted by Crippen LogP contribution is 2.34. The molecule has 0 aliphatic heterocycles. The number of hydrogen-bond acceptors (Lipinski definition) is 2. The van der Waals surface area contributed by atoms with Crippen LogP contribution >= 0.6 is 0 Å². The highest BCUT2D eigenvalue weighted by molar-refractivity contribution is 6.06. The van der Waals surface area contributed by atoms with Crippen molar-refractivity contribution in [1.82, 2.24) is 0 Å². The summed E-state index contributed by atoms with van der Waals surface area (Å²) in [6.45, 7) is 0.331. The number of carbonyl (C=O) groups excluding carboxylic acids is 1. The van der Waals surface area contributed by atoms with Gasteiger partial charge < -0.3 is 9.22 Å². The number of ether oxygens (including phenoxy) is 1. The molecule has 0 amide bonds. The third kappa shape index (κ3) is 2.95. The number of fused-ring (bicyclic) bond motifs is 2. The summed E-state index contributed by atoms with van der Waals surface area (Å²) in [5, 5.41) is 4.09. The number of benzene rings is 3. The number of rotatable bonds is 3. The molecular formula is C19H20NO2+. The van der Waals surface area contributed by atoms with Crippen LogP contribution in [0.1, 0.15) is 0 Å². The average Bonchev–Trinajstić information content (AvgIpc) is 2.45. The van der Waals surface area contributed by atoms with E-state index in [2.05, 4.69) is 6.07 Å². The van der Waals surface area contributed by atoms with Crippen molar-refractivity contribution < 1.29 is 14.0 Å². The predicted molar refractivity (Wildman–Crippen MR) is 90.0 cm³/mol. The molecule has 0 saturated heterocycles. The Labute approximate surface area is 130 Å². The van der Waals surface area contributed by atoms with Crippen LogP contribution < -0.4 is 4.74 Å². The normalized spacial score (nSPS) is 11.8. The van der Waals surface area contributed by atoms with Crippen molar-refractivity contribution in [2.24, 2.45) is 0 Å². The van der Waals surface area contributed by atoms with Gasteiger partial charge in [0.05, 0.1) is 21.1 Å². The molecule has 3 aromatic rings. The minimum absolute atomic E-state index is 0.214. The summed E-state index contributed by atoms with van der Waals surface area (Å²) >= 11 is 0. The zero-order chi connectivity index (χ0) is 15.7. The van der Waals surface area contributed by atoms with Crippen molar-refractivity contribution in [1.29, 1.82) is 0 Å². The Morgan fingerprint density at radius 2 is 1.41 bits per heavy atom. The van der Waals surface area contributed by atoms with Gasteiger partial charge >= 0.3 is 5.97 Å². The van der Waals surface area contributed by atoms with Crippen molar-refractivity contribution in [3.8, 4) is 5.75 Å². The number of esters is 1. The second kappa shape index (κ2) is 5.43. The van der Waals surface area contributed by atoms with Crippen molar-refractivity contribution >= 4 is 27.5 Å². The van der Waals surface area contributed by atoms with E-state index in [1.807, 2.05) is 69.7 Å². The summed E-state index contributed by atoms with van der Waals surface area (Å²) in [6.07, 6.45) is 0. The molecule has 0 aromatic heterocycles. The highest BCUT2D eigenvalue weighted by atomic mass is 16.5. The summed E-state index contributed by atoms with van der Waals surface area (Å²) in [6, 6.07) is 18.1. The fourth-order valence-corrected chi connectivity index (χ4v) is 2.62. The molecule has 0 aliphatic carbocycles. The van der Waals surface area contributed by atoms with Crippen molar-refractivity contribution in [2.45, 2.75) is 0 Å². The molecular weight excluding hydrogens is 274 g/mol. The van der Waals surface area contributed by atoms with Gasteiger partial charge in [-0.25, -0.2) is 4.79 Å². The summed E-state index contributed by atoms with van der Waals surface area (Å²) in [4.78, 5) is 12.3. The van der Waals surface area contributed by atoms with E-state index < -0.39 is 0 Å². The van der Waals surface area contributed by atoms with Gasteiger partial charge in [0.2, 0.25) is 0 Å². The molecule has 0 atom stereocenters. The van der Waals surface area contributed by atoms with E-state index in [9.17, 15) is 4.79 Å². The van der Waals surface area contributed by atoms with Crippen LogP contribution in [0, 0.1) is 0 Å². The zero-order valence-electron chi connectivity index (χ0n) is 13.2. The predicted octanol–water partition coefficient (Wildman–Crippen LogP) is 3.60. The topological polar surface area (TPSA) is 26.3 Å². The van der Waals surface area contributed by atoms with Gasteiger partial charge in [0.1, 0.15) is 5.75 Å². The third-order valence-electron chi connectivity index (χ3n) is 3.54. The van der Waals surface area contributed by atoms with Gasteiger partial charge in [-0.2, -0.15) is 0 Å². The standard InChI is InChI=1S/C19H20NO2/c1-20(2,3)13-18(21)22-19-16-10-6-4-8-14(16)12-15-9-5-7-11-17(15)19/h4-12H,13H2,1-3H3/q+1. The van der Waals surface area contributed by atoms with Gasteiger partial charge in [-0.3, -0.25) is 0 Å². The van der Waals surface area contributed by atoms with Gasteiger partial charge in [0.15, 0.2) is 6.54 Å². The van der Waals surface area contributed by atoms with Crippen molar-refractivity contribution in [3.05, 3.63) is 54.6 Å². The first-order valence-corrected chi connectivity index (χ1v) is 7.36. The van der Waals surface area contributed by atoms with E-state index in [1.165, 1.54) is 0 Å². The van der Waals surface area contributed by atoms with E-state index in [0.29, 0.717) is 16.8 Å². The van der Waals surface area contributed by atoms with E-state index >= 15 is 0 Å². The van der Waals surface area contributed by atoms with Crippen LogP contribution in [0.2, 0.25) is 0 Å². The Kier molecular flexibility index (Phi) is 3.59. The van der Waals surface area contributed by atoms with Crippen LogP contribution in [0.3, 0.4) is 0 Å². The maximum absolute atomic E-state index is 12.3. The molecule has 0 fully saturated rings. The summed E-state index contributed by atoms with van der Waals surface area (Å²) in [7, 11) is 5.92. The Hall–Kier alpha value is -2.39. The SMILES string of the molecule is C[N+](C)(C)CC(=O)Oc1c2ccccc2cc2ccccc12. The molecule has 3 rings (SSSR count). The summed E-state index contributed by atoms with van der Waals surface area (Å²) < 4.78 is 6.31. The molecule has 0 bridgehead atoms. The van der Waals surface area contributed by atoms with Gasteiger partial charge in [-0.15, -0.1) is 0 Å². The van der Waals surface area contributed by atoms with E-state index in [1.54, 1.807) is 0 Å². The van der Waals surface area contributed by atoms with Crippen molar-refractivity contribution in [3.63, 3.8) is 0 Å². The summed E-state index contributed by atoms with van der Waals surface area (Å²) in [5.41, 5.74) is 0. The van der Waals surface area contributed by atoms with Crippen LogP contribution in [-0.2, 0) is 4.79 Å². The quantitative estimate of drug-likeness (QED) is 0.319. The molecule has 0 aliphatic rings. The first-order chi connectivity index (χ1) is 10.4. The number of hydrogen-bond donors (Lipinski definition) is 0. The van der Waals surface area contributed by atoms with E-state index in [-0.39, 0.29) is 5.97 Å². The van der Waals surface area contributed by atoms with Crippen LogP contribution in [-0.4, -0.2) is 38.1 Å². The molecule has 0 radical (unpaired) electrons. The lowest BCUT2D eigenvalue weighted by atomic mass is 10.0. The molecule has 22 heavy (non-hydrogen) atoms. The van der Waals surface area contributed by atoms with E-state index in [0.717, 1.165) is 21.5 Å². The minimum Gasteiger partial charge on any atom is -0.421 e. The Balaban J connectivity index is 2.14. The lowest BCUT2D eigenvalue weighted by Crippen LogP contribution is -2.41. The molecule has 0 spiro atoms. The molecule has 3 heteroatoms. The third-order valence-corrected chi connectivity index (χ3v) is 3.54. The molecule has 0 saturated carbocycles. The lowest BCUT2D eigenvalue weighted by molar-refractivity contribution is -0.862. The highest BCUT2D eigenvalue weighted by Gasteiger charge is 2.19. The number of nitrogens with zero attached hydrogens (tertiary/aromatic N) is 1. The Morgan fingerprint density at radius 3 is 1.91 bits per heavy atom. The maximum Gasteiger partial charge on any atom is 0.367 e. The molecule has 3 nitrogen and oxygen atoms in total. The second-order valence-corrected chi connectivity index (χ2v) is 6.57. The average molecular weight is 294 g/mol. The van der Waals surface area contributed by atoms with Gasteiger partial charge in [0, 0.05) is 10.8 Å². The molecule has 112 valence electrons. The zero-order valence-corrected chi connectivity index (χ0v) is 13.2. The van der Waals surface area contributed by atoms with Gasteiger partial charge in [-0.1, -0.05) is 48.5 Å². The van der Waals surface area contributed by atoms with Crippen LogP contribution in [0.15, 0.2) is 54.6 Å². The van der Waals surface area contributed by atoms with Crippen molar-refractivity contribution in [2.75, 3.05) is 27.7 Å². The second-order valence-electron chi connectivity index (χ2n) is 6.57. The molecule has 3 aromatic carbocycles. The fourth-order valence-electron chi connectivity index (χ4n) is 2.62. The van der Waals surface area contributed by atoms with E-state index in [4.69, 9.17) is 4.74 Å². The molecule has 0 heterocycles. The van der Waals surface area contributed by atoms with Crippen LogP contribution in [0.25, 0.3) is 21.5 Å². The largest absolute Gasteiger partial charge is 0.421 e. The minimum atomic E-state index is -0.214. The van der Waals surface area contributed by atoms with Gasteiger partial charge in [0.25, 0.3) is 0 Å². The maximum atomic E-state index is 12.3. The monoisotopic (exact) mass is 294 g/mol. The first kappa shape index (κ1) is 14.5. The number of likely N-dealkylation sites (N-methyl/N-ethyl adjacent to an activating group) is 1. The molecule has 0 N–H and O–H groups in total. The number of quaternary nitrogens is 1. The van der Waals surface area contributed by atoms with Crippen LogP contribution in [0.4, 0.5) is 0 Å². The Morgan fingerprint density at radius 1 is 0.909 bits per heavy atom. The lowest BCUT2D eigenvalue weighted by Gasteiger charge is -2.22. The first-order valence-electron chi connectivity index (χ1n) is 7.36. The fraction of sp³-hybridized carbons (Fsp3) is 0.211. The number of carbonyl (C=O) groups is 1. The van der Waals surface area contributed by atoms with Crippen LogP contribution in [0.5, 0.6) is 5.75 Å². The molecule has 0 unspecified atom stereocenters. The van der Waals surface area contributed by atoms with Gasteiger partial charge in [-0.05, 0) is 16.8 Å². The Bertz CT molecular complexity index is 793.